The van der Waals surface area contributed by atoms with Crippen LogP contribution in [0.1, 0.15) is 16.1 Å². The minimum atomic E-state index is -0.269. The number of hydrogen-bond donors (Lipinski definition) is 2. The smallest absolute Gasteiger partial charge is 0.254 e. The first kappa shape index (κ1) is 15.7. The zero-order chi connectivity index (χ0) is 17.9. The fourth-order valence-corrected chi connectivity index (χ4v) is 2.74. The van der Waals surface area contributed by atoms with E-state index in [9.17, 15) is 4.79 Å². The van der Waals surface area contributed by atoms with E-state index in [1.54, 1.807) is 29.2 Å². The second-order valence-corrected chi connectivity index (χ2v) is 5.59. The summed E-state index contributed by atoms with van der Waals surface area (Å²) in [6, 6.07) is 11.0. The molecule has 4 aromatic heterocycles. The van der Waals surface area contributed by atoms with Crippen LogP contribution >= 0.6 is 0 Å². The Labute approximate surface area is 148 Å². The molecule has 4 aromatic rings. The molecule has 0 atom stereocenters. The highest BCUT2D eigenvalue weighted by Crippen LogP contribution is 2.27. The number of carbonyl (C=O) groups excluding carboxylic acids is 1. The summed E-state index contributed by atoms with van der Waals surface area (Å²) < 4.78 is 1.62. The van der Waals surface area contributed by atoms with Crippen molar-refractivity contribution in [2.45, 2.75) is 6.54 Å². The molecule has 0 aliphatic carbocycles. The lowest BCUT2D eigenvalue weighted by atomic mass is 10.1. The second-order valence-electron chi connectivity index (χ2n) is 5.59. The van der Waals surface area contributed by atoms with E-state index in [1.807, 2.05) is 30.3 Å². The van der Waals surface area contributed by atoms with Gasteiger partial charge in [0.2, 0.25) is 0 Å². The number of amides is 1. The van der Waals surface area contributed by atoms with Gasteiger partial charge in [0.25, 0.3) is 5.91 Å². The SMILES string of the molecule is Nc1ncnn2c(-c3ccncc3)cc(C(=O)NCc3ccccn3)c12. The zero-order valence-electron chi connectivity index (χ0n) is 13.7. The van der Waals surface area contributed by atoms with Crippen LogP contribution in [0.3, 0.4) is 0 Å². The first-order valence-electron chi connectivity index (χ1n) is 7.95. The lowest BCUT2D eigenvalue weighted by Gasteiger charge is -2.05. The van der Waals surface area contributed by atoms with Crippen molar-refractivity contribution in [1.82, 2.24) is 29.9 Å². The molecule has 8 nitrogen and oxygen atoms in total. The van der Waals surface area contributed by atoms with Crippen LogP contribution in [-0.2, 0) is 6.54 Å². The van der Waals surface area contributed by atoms with Crippen LogP contribution in [-0.4, -0.2) is 30.5 Å². The molecule has 0 spiro atoms. The maximum absolute atomic E-state index is 12.8. The molecule has 4 rings (SSSR count). The molecule has 0 aromatic carbocycles. The monoisotopic (exact) mass is 345 g/mol. The normalized spacial score (nSPS) is 10.8. The minimum absolute atomic E-state index is 0.239. The Morgan fingerprint density at radius 1 is 1.12 bits per heavy atom. The highest BCUT2D eigenvalue weighted by Gasteiger charge is 2.20. The fraction of sp³-hybridized carbons (Fsp3) is 0.0556. The van der Waals surface area contributed by atoms with Gasteiger partial charge in [-0.25, -0.2) is 9.50 Å². The van der Waals surface area contributed by atoms with Gasteiger partial charge in [-0.05, 0) is 30.3 Å². The van der Waals surface area contributed by atoms with Crippen LogP contribution < -0.4 is 11.1 Å². The van der Waals surface area contributed by atoms with Gasteiger partial charge in [-0.3, -0.25) is 14.8 Å². The summed E-state index contributed by atoms with van der Waals surface area (Å²) in [5.41, 5.74) is 9.27. The van der Waals surface area contributed by atoms with Crippen molar-refractivity contribution < 1.29 is 4.79 Å². The number of nitrogen functional groups attached to an aromatic ring is 1. The van der Waals surface area contributed by atoms with Crippen LogP contribution in [0.25, 0.3) is 16.8 Å². The number of pyridine rings is 2. The quantitative estimate of drug-likeness (QED) is 0.582. The van der Waals surface area contributed by atoms with Gasteiger partial charge in [0.15, 0.2) is 5.82 Å². The molecule has 0 fully saturated rings. The van der Waals surface area contributed by atoms with Crippen LogP contribution in [0.2, 0.25) is 0 Å². The molecule has 128 valence electrons. The number of hydrogen-bond acceptors (Lipinski definition) is 6. The maximum Gasteiger partial charge on any atom is 0.254 e. The molecular weight excluding hydrogens is 330 g/mol. The number of nitrogens with one attached hydrogen (secondary N) is 1. The average molecular weight is 345 g/mol. The number of aromatic nitrogens is 5. The Kier molecular flexibility index (Phi) is 3.98. The lowest BCUT2D eigenvalue weighted by molar-refractivity contribution is 0.0952. The van der Waals surface area contributed by atoms with Crippen LogP contribution in [0, 0.1) is 0 Å². The van der Waals surface area contributed by atoms with Gasteiger partial charge in [-0.1, -0.05) is 6.07 Å². The molecule has 3 N–H and O–H groups in total. The predicted molar refractivity (Wildman–Crippen MR) is 96.0 cm³/mol. The molecule has 4 heterocycles. The first-order valence-corrected chi connectivity index (χ1v) is 7.95. The molecule has 0 aliphatic rings. The summed E-state index contributed by atoms with van der Waals surface area (Å²) in [7, 11) is 0. The predicted octanol–water partition coefficient (Wildman–Crippen LogP) is 1.70. The third-order valence-corrected chi connectivity index (χ3v) is 3.96. The number of carbonyl (C=O) groups is 1. The van der Waals surface area contributed by atoms with Gasteiger partial charge in [-0.15, -0.1) is 0 Å². The Bertz CT molecular complexity index is 1060. The van der Waals surface area contributed by atoms with Gasteiger partial charge in [0, 0.05) is 24.2 Å². The van der Waals surface area contributed by atoms with E-state index in [2.05, 4.69) is 25.4 Å². The summed E-state index contributed by atoms with van der Waals surface area (Å²) >= 11 is 0. The third-order valence-electron chi connectivity index (χ3n) is 3.96. The largest absolute Gasteiger partial charge is 0.382 e. The van der Waals surface area contributed by atoms with Crippen LogP contribution in [0.4, 0.5) is 5.82 Å². The van der Waals surface area contributed by atoms with Crippen LogP contribution in [0.5, 0.6) is 0 Å². The van der Waals surface area contributed by atoms with Crippen molar-refractivity contribution in [3.8, 4) is 11.3 Å². The molecule has 8 heteroatoms. The van der Waals surface area contributed by atoms with Crippen molar-refractivity contribution in [3.05, 3.63) is 72.6 Å². The Morgan fingerprint density at radius 2 is 1.96 bits per heavy atom. The molecular formula is C18H15N7O. The van der Waals surface area contributed by atoms with E-state index < -0.39 is 0 Å². The summed E-state index contributed by atoms with van der Waals surface area (Å²) in [5.74, 6) is -0.0294. The molecule has 0 saturated heterocycles. The maximum atomic E-state index is 12.8. The highest BCUT2D eigenvalue weighted by molar-refractivity contribution is 6.05. The molecule has 0 saturated carbocycles. The first-order chi connectivity index (χ1) is 12.7. The third kappa shape index (κ3) is 2.84. The molecule has 0 bridgehead atoms. The zero-order valence-corrected chi connectivity index (χ0v) is 13.7. The van der Waals surface area contributed by atoms with E-state index in [0.29, 0.717) is 17.6 Å². The summed E-state index contributed by atoms with van der Waals surface area (Å²) in [6.45, 7) is 0.315. The molecule has 0 aliphatic heterocycles. The fourth-order valence-electron chi connectivity index (χ4n) is 2.74. The Balaban J connectivity index is 1.74. The van der Waals surface area contributed by atoms with Crippen LogP contribution in [0.15, 0.2) is 61.3 Å². The standard InChI is InChI=1S/C18H15N7O/c19-17-16-14(18(26)22-10-13-3-1-2-6-21-13)9-15(25(16)24-11-23-17)12-4-7-20-8-5-12/h1-9,11H,10H2,(H,22,26)(H2,19,23,24). The minimum Gasteiger partial charge on any atom is -0.382 e. The summed E-state index contributed by atoms with van der Waals surface area (Å²) in [4.78, 5) is 25.0. The van der Waals surface area contributed by atoms with E-state index in [-0.39, 0.29) is 11.7 Å². The Hall–Kier alpha value is -3.81. The topological polar surface area (TPSA) is 111 Å². The average Bonchev–Trinajstić information content (AvgIpc) is 3.09. The number of nitrogens with zero attached hydrogens (tertiary/aromatic N) is 5. The van der Waals surface area contributed by atoms with E-state index in [0.717, 1.165) is 17.0 Å². The molecule has 26 heavy (non-hydrogen) atoms. The summed E-state index contributed by atoms with van der Waals surface area (Å²) in [6.07, 6.45) is 6.41. The van der Waals surface area contributed by atoms with Crippen molar-refractivity contribution in [2.75, 3.05) is 5.73 Å². The number of rotatable bonds is 4. The van der Waals surface area contributed by atoms with Crippen molar-refractivity contribution >= 4 is 17.2 Å². The van der Waals surface area contributed by atoms with E-state index >= 15 is 0 Å². The van der Waals surface area contributed by atoms with Crippen molar-refractivity contribution in [2.24, 2.45) is 0 Å². The van der Waals surface area contributed by atoms with Gasteiger partial charge in [0.05, 0.1) is 23.5 Å². The number of fused-ring (bicyclic) bond motifs is 1. The van der Waals surface area contributed by atoms with E-state index in [1.165, 1.54) is 6.33 Å². The van der Waals surface area contributed by atoms with Gasteiger partial charge in [0.1, 0.15) is 11.8 Å². The molecule has 0 unspecified atom stereocenters. The number of anilines is 1. The highest BCUT2D eigenvalue weighted by atomic mass is 16.1. The summed E-state index contributed by atoms with van der Waals surface area (Å²) in [5, 5.41) is 7.11. The van der Waals surface area contributed by atoms with E-state index in [4.69, 9.17) is 5.73 Å². The number of nitrogens with two attached hydrogens (primary N) is 1. The van der Waals surface area contributed by atoms with Crippen molar-refractivity contribution in [3.63, 3.8) is 0 Å². The second kappa shape index (κ2) is 6.60. The van der Waals surface area contributed by atoms with Crippen molar-refractivity contribution in [1.29, 1.82) is 0 Å². The van der Waals surface area contributed by atoms with Gasteiger partial charge >= 0.3 is 0 Å². The molecule has 1 amide bonds. The molecule has 0 radical (unpaired) electrons. The van der Waals surface area contributed by atoms with Gasteiger partial charge < -0.3 is 11.1 Å². The van der Waals surface area contributed by atoms with Gasteiger partial charge in [-0.2, -0.15) is 5.10 Å². The Morgan fingerprint density at radius 3 is 2.73 bits per heavy atom. The lowest BCUT2D eigenvalue weighted by Crippen LogP contribution is -2.23.